The molecule has 1 saturated heterocycles. The van der Waals surface area contributed by atoms with E-state index in [1.165, 1.54) is 4.90 Å². The molecule has 32 heavy (non-hydrogen) atoms. The number of nitrogens with one attached hydrogen (secondary N) is 1. The SMILES string of the molecule is N#CC1CCCN1C(=O)C(N)Cc1c[nH]c2ccc(Oc3ccc(C(F)(F)F)cn3)cc12. The lowest BCUT2D eigenvalue weighted by atomic mass is 10.0. The number of nitriles is 1. The average molecular weight is 443 g/mol. The minimum Gasteiger partial charge on any atom is -0.439 e. The van der Waals surface area contributed by atoms with Crippen LogP contribution >= 0.6 is 0 Å². The van der Waals surface area contributed by atoms with Gasteiger partial charge >= 0.3 is 6.18 Å². The number of nitrogens with zero attached hydrogens (tertiary/aromatic N) is 3. The molecule has 1 aliphatic heterocycles. The van der Waals surface area contributed by atoms with Crippen LogP contribution in [-0.2, 0) is 17.4 Å². The molecule has 2 unspecified atom stereocenters. The first-order chi connectivity index (χ1) is 15.3. The van der Waals surface area contributed by atoms with Gasteiger partial charge in [-0.3, -0.25) is 4.79 Å². The number of amides is 1. The highest BCUT2D eigenvalue weighted by Gasteiger charge is 2.32. The largest absolute Gasteiger partial charge is 0.439 e. The number of carbonyl (C=O) groups is 1. The minimum atomic E-state index is -4.47. The molecule has 0 radical (unpaired) electrons. The number of halogens is 3. The maximum absolute atomic E-state index is 12.7. The van der Waals surface area contributed by atoms with Crippen molar-refractivity contribution in [3.8, 4) is 17.7 Å². The second-order valence-electron chi connectivity index (χ2n) is 7.64. The Kier molecular flexibility index (Phi) is 5.76. The molecule has 10 heteroatoms. The third-order valence-electron chi connectivity index (χ3n) is 5.47. The van der Waals surface area contributed by atoms with Crippen molar-refractivity contribution in [3.63, 3.8) is 0 Å². The quantitative estimate of drug-likeness (QED) is 0.624. The van der Waals surface area contributed by atoms with E-state index in [2.05, 4.69) is 16.0 Å². The van der Waals surface area contributed by atoms with E-state index < -0.39 is 23.8 Å². The Hall–Kier alpha value is -3.58. The summed E-state index contributed by atoms with van der Waals surface area (Å²) < 4.78 is 43.7. The number of fused-ring (bicyclic) bond motifs is 1. The van der Waals surface area contributed by atoms with Crippen LogP contribution in [0, 0.1) is 11.3 Å². The Labute approximate surface area is 181 Å². The van der Waals surface area contributed by atoms with Crippen LogP contribution in [0.25, 0.3) is 10.9 Å². The van der Waals surface area contributed by atoms with E-state index in [-0.39, 0.29) is 18.2 Å². The van der Waals surface area contributed by atoms with Crippen molar-refractivity contribution in [1.82, 2.24) is 14.9 Å². The van der Waals surface area contributed by atoms with Crippen LogP contribution in [0.15, 0.2) is 42.7 Å². The number of H-pyrrole nitrogens is 1. The van der Waals surface area contributed by atoms with E-state index >= 15 is 0 Å². The van der Waals surface area contributed by atoms with Gasteiger partial charge in [-0.05, 0) is 49.1 Å². The molecule has 0 saturated carbocycles. The molecule has 0 spiro atoms. The van der Waals surface area contributed by atoms with Gasteiger partial charge in [0.05, 0.1) is 17.7 Å². The summed E-state index contributed by atoms with van der Waals surface area (Å²) in [7, 11) is 0. The van der Waals surface area contributed by atoms with Gasteiger partial charge in [-0.15, -0.1) is 0 Å². The van der Waals surface area contributed by atoms with E-state index in [0.717, 1.165) is 35.0 Å². The number of benzene rings is 1. The first-order valence-corrected chi connectivity index (χ1v) is 10.0. The van der Waals surface area contributed by atoms with Crippen molar-refractivity contribution in [3.05, 3.63) is 53.9 Å². The van der Waals surface area contributed by atoms with Gasteiger partial charge < -0.3 is 20.4 Å². The summed E-state index contributed by atoms with van der Waals surface area (Å²) >= 11 is 0. The first kappa shape index (κ1) is 21.6. The lowest BCUT2D eigenvalue weighted by molar-refractivity contribution is -0.138. The molecule has 1 aliphatic rings. The number of rotatable bonds is 5. The van der Waals surface area contributed by atoms with E-state index in [9.17, 15) is 23.2 Å². The maximum Gasteiger partial charge on any atom is 0.417 e. The Bertz CT molecular complexity index is 1170. The Morgan fingerprint density at radius 3 is 2.88 bits per heavy atom. The van der Waals surface area contributed by atoms with Crippen LogP contribution in [-0.4, -0.2) is 39.4 Å². The van der Waals surface area contributed by atoms with Gasteiger partial charge in [0.25, 0.3) is 0 Å². The fourth-order valence-electron chi connectivity index (χ4n) is 3.82. The average Bonchev–Trinajstić information content (AvgIpc) is 3.40. The summed E-state index contributed by atoms with van der Waals surface area (Å²) in [6, 6.07) is 8.09. The van der Waals surface area contributed by atoms with Crippen LogP contribution in [0.5, 0.6) is 11.6 Å². The molecule has 3 aromatic rings. The highest BCUT2D eigenvalue weighted by Crippen LogP contribution is 2.31. The molecule has 0 bridgehead atoms. The molecule has 2 atom stereocenters. The van der Waals surface area contributed by atoms with Gasteiger partial charge in [0.15, 0.2) is 0 Å². The molecule has 1 fully saturated rings. The molecule has 3 heterocycles. The van der Waals surface area contributed by atoms with Crippen LogP contribution in [0.2, 0.25) is 0 Å². The number of carbonyl (C=O) groups excluding carboxylic acids is 1. The third kappa shape index (κ3) is 4.38. The normalized spacial score (nSPS) is 17.3. The number of likely N-dealkylation sites (tertiary alicyclic amines) is 1. The van der Waals surface area contributed by atoms with Crippen molar-refractivity contribution >= 4 is 16.8 Å². The molecule has 7 nitrogen and oxygen atoms in total. The molecule has 1 amide bonds. The van der Waals surface area contributed by atoms with E-state index in [1.54, 1.807) is 24.4 Å². The van der Waals surface area contributed by atoms with E-state index in [0.29, 0.717) is 24.9 Å². The standard InChI is InChI=1S/C22H20F3N5O2/c23-22(24,25)14-3-6-20(29-12-14)32-16-4-5-19-17(9-16)13(11-28-19)8-18(27)21(31)30-7-1-2-15(30)10-26/h3-6,9,11-12,15,18,28H,1-2,7-8,27H2. The molecule has 3 N–H and O–H groups in total. The number of pyridine rings is 1. The lowest BCUT2D eigenvalue weighted by Gasteiger charge is -2.23. The number of hydrogen-bond donors (Lipinski definition) is 2. The van der Waals surface area contributed by atoms with Crippen LogP contribution in [0.3, 0.4) is 0 Å². The second-order valence-corrected chi connectivity index (χ2v) is 7.64. The summed E-state index contributed by atoms with van der Waals surface area (Å²) in [6.45, 7) is 0.525. The number of aromatic nitrogens is 2. The van der Waals surface area contributed by atoms with Gasteiger partial charge in [0.2, 0.25) is 11.8 Å². The smallest absolute Gasteiger partial charge is 0.417 e. The zero-order chi connectivity index (χ0) is 22.9. The first-order valence-electron chi connectivity index (χ1n) is 10.0. The minimum absolute atomic E-state index is 0.0258. The van der Waals surface area contributed by atoms with Gasteiger partial charge in [0, 0.05) is 35.9 Å². The second kappa shape index (κ2) is 8.51. The van der Waals surface area contributed by atoms with Gasteiger partial charge in [-0.1, -0.05) is 0 Å². The Morgan fingerprint density at radius 2 is 2.19 bits per heavy atom. The predicted octanol–water partition coefficient (Wildman–Crippen LogP) is 3.76. The zero-order valence-corrected chi connectivity index (χ0v) is 16.9. The number of aromatic amines is 1. The highest BCUT2D eigenvalue weighted by atomic mass is 19.4. The predicted molar refractivity (Wildman–Crippen MR) is 110 cm³/mol. The van der Waals surface area contributed by atoms with Gasteiger partial charge in [0.1, 0.15) is 11.8 Å². The topological polar surface area (TPSA) is 108 Å². The fourth-order valence-corrected chi connectivity index (χ4v) is 3.82. The zero-order valence-electron chi connectivity index (χ0n) is 16.9. The van der Waals surface area contributed by atoms with Gasteiger partial charge in [-0.25, -0.2) is 4.98 Å². The Balaban J connectivity index is 1.50. The maximum atomic E-state index is 12.7. The molecular formula is C22H20F3N5O2. The number of nitrogens with two attached hydrogens (primary N) is 1. The molecular weight excluding hydrogens is 423 g/mol. The lowest BCUT2D eigenvalue weighted by Crippen LogP contribution is -2.46. The molecule has 166 valence electrons. The third-order valence-corrected chi connectivity index (χ3v) is 5.47. The highest BCUT2D eigenvalue weighted by molar-refractivity contribution is 5.87. The van der Waals surface area contributed by atoms with Gasteiger partial charge in [-0.2, -0.15) is 18.4 Å². The summed E-state index contributed by atoms with van der Waals surface area (Å²) in [5.74, 6) is 0.150. The van der Waals surface area contributed by atoms with Crippen LogP contribution in [0.4, 0.5) is 13.2 Å². The molecule has 4 rings (SSSR count). The van der Waals surface area contributed by atoms with Crippen molar-refractivity contribution in [1.29, 1.82) is 5.26 Å². The number of ether oxygens (including phenoxy) is 1. The van der Waals surface area contributed by atoms with Crippen LogP contribution in [0.1, 0.15) is 24.0 Å². The summed E-state index contributed by atoms with van der Waals surface area (Å²) in [4.78, 5) is 21.1. The Morgan fingerprint density at radius 1 is 1.38 bits per heavy atom. The monoisotopic (exact) mass is 443 g/mol. The number of hydrogen-bond acceptors (Lipinski definition) is 5. The van der Waals surface area contributed by atoms with E-state index in [1.807, 2.05) is 0 Å². The van der Waals surface area contributed by atoms with Crippen molar-refractivity contribution < 1.29 is 22.7 Å². The molecule has 2 aromatic heterocycles. The number of alkyl halides is 3. The van der Waals surface area contributed by atoms with Crippen molar-refractivity contribution in [2.75, 3.05) is 6.54 Å². The van der Waals surface area contributed by atoms with Crippen LogP contribution < -0.4 is 10.5 Å². The van der Waals surface area contributed by atoms with Crippen molar-refractivity contribution in [2.45, 2.75) is 37.5 Å². The molecule has 1 aromatic carbocycles. The summed E-state index contributed by atoms with van der Waals surface area (Å²) in [5, 5.41) is 9.98. The molecule has 0 aliphatic carbocycles. The van der Waals surface area contributed by atoms with Crippen molar-refractivity contribution in [2.24, 2.45) is 5.73 Å². The van der Waals surface area contributed by atoms with E-state index in [4.69, 9.17) is 10.5 Å². The fraction of sp³-hybridized carbons (Fsp3) is 0.318. The summed E-state index contributed by atoms with van der Waals surface area (Å²) in [5.41, 5.74) is 6.89. The summed E-state index contributed by atoms with van der Waals surface area (Å²) in [6.07, 6.45) is -0.307.